The van der Waals surface area contributed by atoms with Crippen LogP contribution in [0.2, 0.25) is 0 Å². The number of hydrogen-bond acceptors (Lipinski definition) is 5. The lowest BCUT2D eigenvalue weighted by Gasteiger charge is -2.34. The summed E-state index contributed by atoms with van der Waals surface area (Å²) in [6.45, 7) is 5.21. The van der Waals surface area contributed by atoms with Gasteiger partial charge in [-0.3, -0.25) is 9.59 Å². The van der Waals surface area contributed by atoms with E-state index < -0.39 is 0 Å². The molecule has 0 saturated carbocycles. The van der Waals surface area contributed by atoms with Gasteiger partial charge in [-0.1, -0.05) is 6.92 Å². The fourth-order valence-corrected chi connectivity index (χ4v) is 3.73. The third-order valence-electron chi connectivity index (χ3n) is 5.64. The summed E-state index contributed by atoms with van der Waals surface area (Å²) in [5.74, 6) is 0.798. The van der Waals surface area contributed by atoms with E-state index in [1.807, 2.05) is 0 Å². The monoisotopic (exact) mass is 375 g/mol. The first kappa shape index (κ1) is 19.5. The van der Waals surface area contributed by atoms with Crippen LogP contribution in [-0.2, 0) is 9.59 Å². The molecule has 3 rings (SSSR count). The number of methoxy groups -OCH3 is 2. The summed E-state index contributed by atoms with van der Waals surface area (Å²) in [7, 11) is 3.14. The van der Waals surface area contributed by atoms with Crippen LogP contribution in [0.25, 0.3) is 0 Å². The van der Waals surface area contributed by atoms with Gasteiger partial charge < -0.3 is 25.0 Å². The summed E-state index contributed by atoms with van der Waals surface area (Å²) in [5, 5.41) is 6.42. The summed E-state index contributed by atoms with van der Waals surface area (Å²) in [4.78, 5) is 26.8. The number of benzene rings is 1. The fraction of sp³-hybridized carbons (Fsp3) is 0.600. The topological polar surface area (TPSA) is 79.9 Å². The van der Waals surface area contributed by atoms with Crippen molar-refractivity contribution in [3.63, 3.8) is 0 Å². The first-order valence-corrected chi connectivity index (χ1v) is 9.46. The summed E-state index contributed by atoms with van der Waals surface area (Å²) in [6, 6.07) is 5.33. The Hall–Kier alpha value is -2.28. The number of carbonyl (C=O) groups is 2. The molecule has 2 saturated heterocycles. The van der Waals surface area contributed by atoms with Crippen LogP contribution in [0.15, 0.2) is 18.2 Å². The van der Waals surface area contributed by atoms with Crippen molar-refractivity contribution < 1.29 is 19.1 Å². The summed E-state index contributed by atoms with van der Waals surface area (Å²) in [5.41, 5.74) is 0.820. The van der Waals surface area contributed by atoms with Crippen LogP contribution in [0.4, 0.5) is 5.69 Å². The molecular weight excluding hydrogens is 346 g/mol. The second-order valence-electron chi connectivity index (χ2n) is 7.75. The number of amides is 2. The molecule has 2 N–H and O–H groups in total. The van der Waals surface area contributed by atoms with Gasteiger partial charge in [-0.15, -0.1) is 0 Å². The van der Waals surface area contributed by atoms with Crippen molar-refractivity contribution in [2.75, 3.05) is 45.3 Å². The van der Waals surface area contributed by atoms with Gasteiger partial charge in [0.15, 0.2) is 0 Å². The zero-order valence-electron chi connectivity index (χ0n) is 16.3. The van der Waals surface area contributed by atoms with E-state index in [-0.39, 0.29) is 29.6 Å². The molecule has 1 aromatic carbocycles. The van der Waals surface area contributed by atoms with Crippen LogP contribution in [-0.4, -0.2) is 52.2 Å². The van der Waals surface area contributed by atoms with E-state index in [4.69, 9.17) is 9.47 Å². The number of piperidine rings is 1. The van der Waals surface area contributed by atoms with Crippen molar-refractivity contribution in [3.8, 4) is 11.5 Å². The second-order valence-corrected chi connectivity index (χ2v) is 7.75. The molecule has 0 aliphatic carbocycles. The van der Waals surface area contributed by atoms with Gasteiger partial charge in [0.1, 0.15) is 11.5 Å². The molecule has 7 nitrogen and oxygen atoms in total. The zero-order chi connectivity index (χ0) is 19.4. The number of carbonyl (C=O) groups excluding carboxylic acids is 2. The molecule has 2 aliphatic heterocycles. The molecule has 2 fully saturated rings. The van der Waals surface area contributed by atoms with Gasteiger partial charge in [-0.2, -0.15) is 0 Å². The molecule has 27 heavy (non-hydrogen) atoms. The summed E-state index contributed by atoms with van der Waals surface area (Å²) >= 11 is 0. The Morgan fingerprint density at radius 1 is 1.22 bits per heavy atom. The Morgan fingerprint density at radius 3 is 2.44 bits per heavy atom. The van der Waals surface area contributed by atoms with Crippen LogP contribution in [0, 0.1) is 11.3 Å². The lowest BCUT2D eigenvalue weighted by atomic mass is 9.81. The van der Waals surface area contributed by atoms with Crippen LogP contribution >= 0.6 is 0 Å². The van der Waals surface area contributed by atoms with Gasteiger partial charge in [0.2, 0.25) is 11.8 Å². The third kappa shape index (κ3) is 4.53. The van der Waals surface area contributed by atoms with Crippen molar-refractivity contribution in [2.45, 2.75) is 26.2 Å². The largest absolute Gasteiger partial charge is 0.497 e. The smallest absolute Gasteiger partial charge is 0.227 e. The van der Waals surface area contributed by atoms with Crippen molar-refractivity contribution in [3.05, 3.63) is 18.2 Å². The molecule has 0 radical (unpaired) electrons. The standard InChI is InChI=1S/C20H29N3O4/c1-20(4-6-21-7-5-20)13-22-19(25)14-8-18(24)23(12-14)15-9-16(26-2)11-17(10-15)27-3/h9-11,14,21H,4-8,12-13H2,1-3H3,(H,22,25). The minimum absolute atomic E-state index is 0.0412. The number of ether oxygens (including phenoxy) is 2. The molecule has 2 aliphatic rings. The van der Waals surface area contributed by atoms with E-state index >= 15 is 0 Å². The Labute approximate surface area is 160 Å². The average molecular weight is 375 g/mol. The minimum Gasteiger partial charge on any atom is -0.497 e. The summed E-state index contributed by atoms with van der Waals surface area (Å²) in [6.07, 6.45) is 2.32. The number of rotatable bonds is 6. The van der Waals surface area contributed by atoms with Gasteiger partial charge >= 0.3 is 0 Å². The van der Waals surface area contributed by atoms with Gasteiger partial charge in [0.25, 0.3) is 0 Å². The molecule has 1 aromatic rings. The molecule has 2 heterocycles. The maximum absolute atomic E-state index is 12.6. The van der Waals surface area contributed by atoms with Gasteiger partial charge in [0, 0.05) is 37.7 Å². The Bertz CT molecular complexity index is 678. The molecule has 2 amide bonds. The summed E-state index contributed by atoms with van der Waals surface area (Å²) < 4.78 is 10.6. The number of hydrogen-bond donors (Lipinski definition) is 2. The predicted octanol–water partition coefficient (Wildman–Crippen LogP) is 1.56. The molecule has 1 atom stereocenters. The van der Waals surface area contributed by atoms with E-state index in [0.29, 0.717) is 30.3 Å². The van der Waals surface area contributed by atoms with Crippen LogP contribution in [0.5, 0.6) is 11.5 Å². The fourth-order valence-electron chi connectivity index (χ4n) is 3.73. The lowest BCUT2D eigenvalue weighted by molar-refractivity contribution is -0.126. The Morgan fingerprint density at radius 2 is 1.85 bits per heavy atom. The SMILES string of the molecule is COc1cc(OC)cc(N2CC(C(=O)NCC3(C)CCNCC3)CC2=O)c1. The number of anilines is 1. The zero-order valence-corrected chi connectivity index (χ0v) is 16.3. The molecular formula is C20H29N3O4. The molecule has 1 unspecified atom stereocenters. The van der Waals surface area contributed by atoms with Crippen molar-refractivity contribution >= 4 is 17.5 Å². The molecule has 0 aromatic heterocycles. The van der Waals surface area contributed by atoms with Crippen molar-refractivity contribution in [2.24, 2.45) is 11.3 Å². The van der Waals surface area contributed by atoms with E-state index in [1.165, 1.54) is 0 Å². The molecule has 0 bridgehead atoms. The predicted molar refractivity (Wildman–Crippen MR) is 103 cm³/mol. The van der Waals surface area contributed by atoms with E-state index in [9.17, 15) is 9.59 Å². The van der Waals surface area contributed by atoms with E-state index in [1.54, 1.807) is 37.3 Å². The third-order valence-corrected chi connectivity index (χ3v) is 5.64. The minimum atomic E-state index is -0.333. The van der Waals surface area contributed by atoms with Gasteiger partial charge in [0.05, 0.1) is 25.8 Å². The van der Waals surface area contributed by atoms with E-state index in [0.717, 1.165) is 25.9 Å². The first-order chi connectivity index (χ1) is 12.9. The number of nitrogens with zero attached hydrogens (tertiary/aromatic N) is 1. The highest BCUT2D eigenvalue weighted by Gasteiger charge is 2.36. The van der Waals surface area contributed by atoms with Gasteiger partial charge in [-0.25, -0.2) is 0 Å². The average Bonchev–Trinajstić information content (AvgIpc) is 3.08. The highest BCUT2D eigenvalue weighted by atomic mass is 16.5. The van der Waals surface area contributed by atoms with E-state index in [2.05, 4.69) is 17.6 Å². The lowest BCUT2D eigenvalue weighted by Crippen LogP contribution is -2.44. The number of nitrogens with one attached hydrogen (secondary N) is 2. The highest BCUT2D eigenvalue weighted by Crippen LogP contribution is 2.32. The Balaban J connectivity index is 1.64. The van der Waals surface area contributed by atoms with Crippen molar-refractivity contribution in [1.82, 2.24) is 10.6 Å². The maximum atomic E-state index is 12.6. The maximum Gasteiger partial charge on any atom is 0.227 e. The van der Waals surface area contributed by atoms with Crippen LogP contribution < -0.4 is 25.0 Å². The van der Waals surface area contributed by atoms with Crippen LogP contribution in [0.1, 0.15) is 26.2 Å². The normalized spacial score (nSPS) is 21.8. The molecule has 7 heteroatoms. The van der Waals surface area contributed by atoms with Crippen LogP contribution in [0.3, 0.4) is 0 Å². The highest BCUT2D eigenvalue weighted by molar-refractivity contribution is 6.00. The second kappa shape index (κ2) is 8.17. The molecule has 0 spiro atoms. The Kier molecular flexibility index (Phi) is 5.89. The quantitative estimate of drug-likeness (QED) is 0.789. The first-order valence-electron chi connectivity index (χ1n) is 9.46. The molecule has 148 valence electrons. The van der Waals surface area contributed by atoms with Crippen molar-refractivity contribution in [1.29, 1.82) is 0 Å². The van der Waals surface area contributed by atoms with Gasteiger partial charge in [-0.05, 0) is 31.3 Å².